The first-order chi connectivity index (χ1) is 8.59. The molecule has 0 saturated carbocycles. The molecule has 0 bridgehead atoms. The first-order valence-corrected chi connectivity index (χ1v) is 6.60. The van der Waals surface area contributed by atoms with Crippen molar-refractivity contribution in [2.75, 3.05) is 26.2 Å². The molecule has 1 saturated heterocycles. The van der Waals surface area contributed by atoms with Crippen LogP contribution in [-0.4, -0.2) is 38.1 Å². The van der Waals surface area contributed by atoms with Crippen molar-refractivity contribution < 1.29 is 9.59 Å². The van der Waals surface area contributed by atoms with Gasteiger partial charge in [0.2, 0.25) is 5.91 Å². The van der Waals surface area contributed by atoms with Gasteiger partial charge in [0.25, 0.3) is 0 Å². The van der Waals surface area contributed by atoms with E-state index < -0.39 is 6.03 Å². The summed E-state index contributed by atoms with van der Waals surface area (Å²) in [4.78, 5) is 22.1. The van der Waals surface area contributed by atoms with Crippen LogP contribution in [0.1, 0.15) is 26.2 Å². The number of rotatable bonds is 6. The van der Waals surface area contributed by atoms with Gasteiger partial charge < -0.3 is 21.7 Å². The van der Waals surface area contributed by atoms with Crippen LogP contribution in [-0.2, 0) is 4.79 Å². The van der Waals surface area contributed by atoms with Crippen LogP contribution in [0.3, 0.4) is 0 Å². The Bertz CT molecular complexity index is 277. The van der Waals surface area contributed by atoms with Gasteiger partial charge in [-0.25, -0.2) is 4.79 Å². The van der Waals surface area contributed by atoms with Crippen LogP contribution in [0.15, 0.2) is 0 Å². The second-order valence-electron chi connectivity index (χ2n) is 4.93. The molecule has 1 rings (SSSR count). The lowest BCUT2D eigenvalue weighted by Gasteiger charge is -2.28. The van der Waals surface area contributed by atoms with Crippen LogP contribution in [0.5, 0.6) is 0 Å². The standard InChI is InChI=1S/C12H24N4O2/c1-9(10-3-2-4-14-8-10)7-11(17)15-5-6-16-12(13)18/h9-10,14H,2-8H2,1H3,(H,15,17)(H3,13,16,18). The highest BCUT2D eigenvalue weighted by Gasteiger charge is 2.21. The fraction of sp³-hybridized carbons (Fsp3) is 0.833. The van der Waals surface area contributed by atoms with Gasteiger partial charge in [-0.1, -0.05) is 6.92 Å². The van der Waals surface area contributed by atoms with Gasteiger partial charge in [0.05, 0.1) is 0 Å². The number of hydrogen-bond donors (Lipinski definition) is 4. The van der Waals surface area contributed by atoms with E-state index in [0.29, 0.717) is 31.3 Å². The summed E-state index contributed by atoms with van der Waals surface area (Å²) in [6, 6.07) is -0.564. The predicted molar refractivity (Wildman–Crippen MR) is 70.0 cm³/mol. The molecule has 5 N–H and O–H groups in total. The van der Waals surface area contributed by atoms with Gasteiger partial charge in [0.15, 0.2) is 0 Å². The van der Waals surface area contributed by atoms with Gasteiger partial charge in [0, 0.05) is 19.5 Å². The minimum atomic E-state index is -0.564. The Labute approximate surface area is 108 Å². The molecular formula is C12H24N4O2. The van der Waals surface area contributed by atoms with Crippen molar-refractivity contribution in [2.45, 2.75) is 26.2 Å². The van der Waals surface area contributed by atoms with Crippen molar-refractivity contribution in [2.24, 2.45) is 17.6 Å². The average molecular weight is 256 g/mol. The molecule has 6 heteroatoms. The molecule has 2 atom stereocenters. The van der Waals surface area contributed by atoms with Gasteiger partial charge in [0.1, 0.15) is 0 Å². The lowest BCUT2D eigenvalue weighted by atomic mass is 9.85. The van der Waals surface area contributed by atoms with Crippen LogP contribution in [0.4, 0.5) is 4.79 Å². The number of nitrogens with two attached hydrogens (primary N) is 1. The van der Waals surface area contributed by atoms with Crippen molar-refractivity contribution in [1.82, 2.24) is 16.0 Å². The van der Waals surface area contributed by atoms with E-state index in [2.05, 4.69) is 22.9 Å². The topological polar surface area (TPSA) is 96.2 Å². The van der Waals surface area contributed by atoms with Gasteiger partial charge >= 0.3 is 6.03 Å². The first kappa shape index (κ1) is 14.8. The van der Waals surface area contributed by atoms with Crippen molar-refractivity contribution in [3.8, 4) is 0 Å². The maximum Gasteiger partial charge on any atom is 0.312 e. The maximum absolute atomic E-state index is 11.7. The second kappa shape index (κ2) is 7.92. The minimum absolute atomic E-state index is 0.0411. The van der Waals surface area contributed by atoms with Crippen LogP contribution < -0.4 is 21.7 Å². The molecule has 0 aliphatic carbocycles. The Balaban J connectivity index is 2.12. The third-order valence-electron chi connectivity index (χ3n) is 3.39. The van der Waals surface area contributed by atoms with Crippen molar-refractivity contribution >= 4 is 11.9 Å². The van der Waals surface area contributed by atoms with Crippen molar-refractivity contribution in [3.63, 3.8) is 0 Å². The summed E-state index contributed by atoms with van der Waals surface area (Å²) in [6.07, 6.45) is 2.94. The molecule has 1 aliphatic rings. The van der Waals surface area contributed by atoms with Gasteiger partial charge in [-0.3, -0.25) is 4.79 Å². The molecule has 0 radical (unpaired) electrons. The van der Waals surface area contributed by atoms with Crippen molar-refractivity contribution in [3.05, 3.63) is 0 Å². The third-order valence-corrected chi connectivity index (χ3v) is 3.39. The summed E-state index contributed by atoms with van der Waals surface area (Å²) in [6.45, 7) is 5.03. The van der Waals surface area contributed by atoms with E-state index in [1.165, 1.54) is 12.8 Å². The highest BCUT2D eigenvalue weighted by atomic mass is 16.2. The Hall–Kier alpha value is -1.30. The zero-order chi connectivity index (χ0) is 13.4. The van der Waals surface area contributed by atoms with E-state index in [4.69, 9.17) is 5.73 Å². The molecule has 1 heterocycles. The summed E-state index contributed by atoms with van der Waals surface area (Å²) in [5.41, 5.74) is 4.92. The smallest absolute Gasteiger partial charge is 0.312 e. The summed E-state index contributed by atoms with van der Waals surface area (Å²) in [7, 11) is 0. The lowest BCUT2D eigenvalue weighted by molar-refractivity contribution is -0.122. The number of urea groups is 1. The van der Waals surface area contributed by atoms with Crippen LogP contribution in [0.25, 0.3) is 0 Å². The number of hydrogen-bond acceptors (Lipinski definition) is 3. The molecule has 6 nitrogen and oxygen atoms in total. The summed E-state index contributed by atoms with van der Waals surface area (Å²) < 4.78 is 0. The molecule has 18 heavy (non-hydrogen) atoms. The molecular weight excluding hydrogens is 232 g/mol. The Kier molecular flexibility index (Phi) is 6.49. The Morgan fingerprint density at radius 3 is 2.72 bits per heavy atom. The number of piperidine rings is 1. The van der Waals surface area contributed by atoms with E-state index in [-0.39, 0.29) is 5.91 Å². The number of carbonyl (C=O) groups excluding carboxylic acids is 2. The van der Waals surface area contributed by atoms with E-state index in [0.717, 1.165) is 13.1 Å². The van der Waals surface area contributed by atoms with Gasteiger partial charge in [-0.05, 0) is 37.8 Å². The predicted octanol–water partition coefficient (Wildman–Crippen LogP) is -0.203. The number of amides is 3. The molecule has 0 aromatic carbocycles. The van der Waals surface area contributed by atoms with Crippen LogP contribution in [0, 0.1) is 11.8 Å². The molecule has 1 fully saturated rings. The molecule has 104 valence electrons. The summed E-state index contributed by atoms with van der Waals surface area (Å²) in [5.74, 6) is 1.02. The van der Waals surface area contributed by atoms with Gasteiger partial charge in [-0.2, -0.15) is 0 Å². The quantitative estimate of drug-likeness (QED) is 0.495. The number of primary amides is 1. The van der Waals surface area contributed by atoms with Crippen LogP contribution >= 0.6 is 0 Å². The molecule has 0 aromatic heterocycles. The maximum atomic E-state index is 11.7. The zero-order valence-corrected chi connectivity index (χ0v) is 11.0. The SMILES string of the molecule is CC(CC(=O)NCCNC(N)=O)C1CCCNC1. The first-order valence-electron chi connectivity index (χ1n) is 6.60. The third kappa shape index (κ3) is 5.86. The zero-order valence-electron chi connectivity index (χ0n) is 11.0. The molecule has 1 aliphatic heterocycles. The van der Waals surface area contributed by atoms with E-state index in [9.17, 15) is 9.59 Å². The van der Waals surface area contributed by atoms with Crippen LogP contribution in [0.2, 0.25) is 0 Å². The monoisotopic (exact) mass is 256 g/mol. The fourth-order valence-corrected chi connectivity index (χ4v) is 2.28. The second-order valence-corrected chi connectivity index (χ2v) is 4.93. The molecule has 3 amide bonds. The Morgan fingerprint density at radius 2 is 2.11 bits per heavy atom. The number of nitrogens with one attached hydrogen (secondary N) is 3. The van der Waals surface area contributed by atoms with E-state index in [1.807, 2.05) is 0 Å². The minimum Gasteiger partial charge on any atom is -0.354 e. The van der Waals surface area contributed by atoms with Crippen molar-refractivity contribution in [1.29, 1.82) is 0 Å². The molecule has 0 spiro atoms. The Morgan fingerprint density at radius 1 is 1.39 bits per heavy atom. The fourth-order valence-electron chi connectivity index (χ4n) is 2.28. The average Bonchev–Trinajstić information content (AvgIpc) is 2.35. The normalized spacial score (nSPS) is 21.1. The summed E-state index contributed by atoms with van der Waals surface area (Å²) >= 11 is 0. The lowest BCUT2D eigenvalue weighted by Crippen LogP contribution is -2.39. The van der Waals surface area contributed by atoms with E-state index in [1.54, 1.807) is 0 Å². The highest BCUT2D eigenvalue weighted by molar-refractivity contribution is 5.76. The number of carbonyl (C=O) groups is 2. The largest absolute Gasteiger partial charge is 0.354 e. The van der Waals surface area contributed by atoms with Gasteiger partial charge in [-0.15, -0.1) is 0 Å². The highest BCUT2D eigenvalue weighted by Crippen LogP contribution is 2.22. The summed E-state index contributed by atoms with van der Waals surface area (Å²) in [5, 5.41) is 8.57. The van der Waals surface area contributed by atoms with E-state index >= 15 is 0 Å². The molecule has 0 aromatic rings. The molecule has 2 unspecified atom stereocenters.